The Kier molecular flexibility index (Phi) is 4.45. The zero-order chi connectivity index (χ0) is 11.9. The standard InChI is InChI=1S/C14H19NO2/c1-2-10-15-12-7-3-4-8-13(12)17-14-9-5-6-11-16-14/h2-4,7-8,14-15H,1,5-6,9-11H2. The van der Waals surface area contributed by atoms with E-state index in [0.717, 1.165) is 37.4 Å². The van der Waals surface area contributed by atoms with E-state index < -0.39 is 0 Å². The second-order valence-corrected chi connectivity index (χ2v) is 4.08. The number of ether oxygens (including phenoxy) is 2. The molecule has 1 fully saturated rings. The summed E-state index contributed by atoms with van der Waals surface area (Å²) >= 11 is 0. The Labute approximate surface area is 102 Å². The molecule has 1 heterocycles. The topological polar surface area (TPSA) is 30.5 Å². The highest BCUT2D eigenvalue weighted by atomic mass is 16.7. The summed E-state index contributed by atoms with van der Waals surface area (Å²) in [7, 11) is 0. The van der Waals surface area contributed by atoms with Gasteiger partial charge >= 0.3 is 0 Å². The van der Waals surface area contributed by atoms with Crippen LogP contribution in [0.3, 0.4) is 0 Å². The molecular weight excluding hydrogens is 214 g/mol. The Morgan fingerprint density at radius 2 is 2.29 bits per heavy atom. The van der Waals surface area contributed by atoms with Gasteiger partial charge in [0.05, 0.1) is 12.3 Å². The first-order chi connectivity index (χ1) is 8.40. The molecule has 1 N–H and O–H groups in total. The average Bonchev–Trinajstić information content (AvgIpc) is 2.39. The molecule has 2 rings (SSSR count). The van der Waals surface area contributed by atoms with Gasteiger partial charge in [-0.2, -0.15) is 0 Å². The molecule has 3 heteroatoms. The van der Waals surface area contributed by atoms with Gasteiger partial charge in [0.2, 0.25) is 0 Å². The minimum atomic E-state index is -0.101. The monoisotopic (exact) mass is 233 g/mol. The van der Waals surface area contributed by atoms with Crippen LogP contribution < -0.4 is 10.1 Å². The van der Waals surface area contributed by atoms with Gasteiger partial charge in [-0.05, 0) is 25.0 Å². The van der Waals surface area contributed by atoms with Gasteiger partial charge in [-0.3, -0.25) is 0 Å². The van der Waals surface area contributed by atoms with Crippen LogP contribution in [-0.4, -0.2) is 19.4 Å². The van der Waals surface area contributed by atoms with Crippen LogP contribution in [0.2, 0.25) is 0 Å². The highest BCUT2D eigenvalue weighted by Gasteiger charge is 2.16. The highest BCUT2D eigenvalue weighted by molar-refractivity contribution is 5.56. The number of nitrogens with one attached hydrogen (secondary N) is 1. The highest BCUT2D eigenvalue weighted by Crippen LogP contribution is 2.27. The van der Waals surface area contributed by atoms with Crippen LogP contribution >= 0.6 is 0 Å². The Balaban J connectivity index is 2.00. The van der Waals surface area contributed by atoms with Crippen LogP contribution in [0.25, 0.3) is 0 Å². The minimum absolute atomic E-state index is 0.101. The Morgan fingerprint density at radius 3 is 3.06 bits per heavy atom. The predicted octanol–water partition coefficient (Wildman–Crippen LogP) is 3.19. The maximum absolute atomic E-state index is 5.86. The third-order valence-electron chi connectivity index (χ3n) is 2.72. The van der Waals surface area contributed by atoms with Gasteiger partial charge in [0, 0.05) is 13.0 Å². The Morgan fingerprint density at radius 1 is 1.41 bits per heavy atom. The van der Waals surface area contributed by atoms with E-state index in [2.05, 4.69) is 11.9 Å². The Bertz CT molecular complexity index is 359. The molecule has 0 aliphatic carbocycles. The molecule has 0 bridgehead atoms. The summed E-state index contributed by atoms with van der Waals surface area (Å²) in [6, 6.07) is 7.92. The van der Waals surface area contributed by atoms with Crippen molar-refractivity contribution in [1.29, 1.82) is 0 Å². The normalized spacial score (nSPS) is 19.6. The molecule has 92 valence electrons. The van der Waals surface area contributed by atoms with Crippen molar-refractivity contribution in [3.05, 3.63) is 36.9 Å². The van der Waals surface area contributed by atoms with Gasteiger partial charge < -0.3 is 14.8 Å². The van der Waals surface area contributed by atoms with Crippen LogP contribution in [0.5, 0.6) is 5.75 Å². The third-order valence-corrected chi connectivity index (χ3v) is 2.72. The summed E-state index contributed by atoms with van der Waals surface area (Å²) in [6.07, 6.45) is 5.00. The van der Waals surface area contributed by atoms with Crippen molar-refractivity contribution in [2.24, 2.45) is 0 Å². The van der Waals surface area contributed by atoms with E-state index in [9.17, 15) is 0 Å². The summed E-state index contributed by atoms with van der Waals surface area (Å²) in [5, 5.41) is 3.25. The van der Waals surface area contributed by atoms with Crippen molar-refractivity contribution in [2.75, 3.05) is 18.5 Å². The smallest absolute Gasteiger partial charge is 0.199 e. The van der Waals surface area contributed by atoms with Crippen molar-refractivity contribution < 1.29 is 9.47 Å². The van der Waals surface area contributed by atoms with E-state index in [1.807, 2.05) is 30.3 Å². The molecule has 3 nitrogen and oxygen atoms in total. The van der Waals surface area contributed by atoms with Crippen molar-refractivity contribution >= 4 is 5.69 Å². The molecule has 0 aromatic heterocycles. The predicted molar refractivity (Wildman–Crippen MR) is 69.3 cm³/mol. The molecule has 1 unspecified atom stereocenters. The molecule has 1 aromatic carbocycles. The first kappa shape index (κ1) is 12.0. The van der Waals surface area contributed by atoms with Crippen molar-refractivity contribution in [1.82, 2.24) is 0 Å². The number of para-hydroxylation sites is 2. The molecule has 1 aliphatic heterocycles. The van der Waals surface area contributed by atoms with Crippen LogP contribution in [0.4, 0.5) is 5.69 Å². The maximum atomic E-state index is 5.86. The first-order valence-corrected chi connectivity index (χ1v) is 6.12. The molecule has 1 saturated heterocycles. The van der Waals surface area contributed by atoms with Gasteiger partial charge in [-0.15, -0.1) is 6.58 Å². The van der Waals surface area contributed by atoms with Gasteiger partial charge in [-0.25, -0.2) is 0 Å². The van der Waals surface area contributed by atoms with Gasteiger partial charge in [-0.1, -0.05) is 18.2 Å². The van der Waals surface area contributed by atoms with Crippen LogP contribution in [0.1, 0.15) is 19.3 Å². The third kappa shape index (κ3) is 3.49. The van der Waals surface area contributed by atoms with E-state index in [1.165, 1.54) is 6.42 Å². The fraction of sp³-hybridized carbons (Fsp3) is 0.429. The van der Waals surface area contributed by atoms with E-state index in [0.29, 0.717) is 0 Å². The van der Waals surface area contributed by atoms with Crippen molar-refractivity contribution in [2.45, 2.75) is 25.6 Å². The van der Waals surface area contributed by atoms with Crippen LogP contribution in [0, 0.1) is 0 Å². The molecule has 0 radical (unpaired) electrons. The van der Waals surface area contributed by atoms with Crippen LogP contribution in [-0.2, 0) is 4.74 Å². The fourth-order valence-electron chi connectivity index (χ4n) is 1.84. The summed E-state index contributed by atoms with van der Waals surface area (Å²) in [6.45, 7) is 5.22. The molecule has 0 spiro atoms. The maximum Gasteiger partial charge on any atom is 0.199 e. The Hall–Kier alpha value is -1.48. The largest absolute Gasteiger partial charge is 0.463 e. The van der Waals surface area contributed by atoms with E-state index in [1.54, 1.807) is 0 Å². The molecule has 17 heavy (non-hydrogen) atoms. The lowest BCUT2D eigenvalue weighted by Gasteiger charge is -2.24. The molecule has 1 aromatic rings. The second-order valence-electron chi connectivity index (χ2n) is 4.08. The zero-order valence-corrected chi connectivity index (χ0v) is 10.0. The van der Waals surface area contributed by atoms with E-state index in [-0.39, 0.29) is 6.29 Å². The lowest BCUT2D eigenvalue weighted by molar-refractivity contribution is -0.105. The van der Waals surface area contributed by atoms with E-state index in [4.69, 9.17) is 9.47 Å². The second kappa shape index (κ2) is 6.30. The zero-order valence-electron chi connectivity index (χ0n) is 10.0. The van der Waals surface area contributed by atoms with E-state index >= 15 is 0 Å². The quantitative estimate of drug-likeness (QED) is 0.792. The minimum Gasteiger partial charge on any atom is -0.463 e. The molecule has 1 aliphatic rings. The summed E-state index contributed by atoms with van der Waals surface area (Å²) in [5.74, 6) is 0.848. The number of rotatable bonds is 5. The van der Waals surface area contributed by atoms with Gasteiger partial charge in [0.25, 0.3) is 0 Å². The average molecular weight is 233 g/mol. The summed E-state index contributed by atoms with van der Waals surface area (Å²) in [5.41, 5.74) is 0.988. The lowest BCUT2D eigenvalue weighted by atomic mass is 10.2. The number of hydrogen-bond acceptors (Lipinski definition) is 3. The lowest BCUT2D eigenvalue weighted by Crippen LogP contribution is -2.25. The summed E-state index contributed by atoms with van der Waals surface area (Å²) < 4.78 is 11.4. The van der Waals surface area contributed by atoms with Crippen molar-refractivity contribution in [3.63, 3.8) is 0 Å². The van der Waals surface area contributed by atoms with Gasteiger partial charge in [0.1, 0.15) is 5.75 Å². The van der Waals surface area contributed by atoms with Crippen molar-refractivity contribution in [3.8, 4) is 5.75 Å². The first-order valence-electron chi connectivity index (χ1n) is 6.12. The molecule has 0 amide bonds. The number of anilines is 1. The summed E-state index contributed by atoms with van der Waals surface area (Å²) in [4.78, 5) is 0. The van der Waals surface area contributed by atoms with Gasteiger partial charge in [0.15, 0.2) is 6.29 Å². The van der Waals surface area contributed by atoms with Crippen LogP contribution in [0.15, 0.2) is 36.9 Å². The molecule has 0 saturated carbocycles. The fourth-order valence-corrected chi connectivity index (χ4v) is 1.84. The number of hydrogen-bond donors (Lipinski definition) is 1. The SMILES string of the molecule is C=CCNc1ccccc1OC1CCCCO1. The molecule has 1 atom stereocenters. The molecular formula is C14H19NO2. The number of benzene rings is 1.